The molecule has 8 heavy (non-hydrogen) atoms. The Labute approximate surface area is 45.7 Å². The van der Waals surface area contributed by atoms with Gasteiger partial charge in [0.05, 0.1) is 6.01 Å². The normalized spacial score (nSPS) is 8.25. The highest BCUT2D eigenvalue weighted by atomic mass is 32.3. The molecular formula is CH4N2O4S. The SMILES string of the molecule is N=C=N.O=S(=O)(O)O. The van der Waals surface area contributed by atoms with Crippen molar-refractivity contribution in [1.82, 2.24) is 0 Å². The van der Waals surface area contributed by atoms with Gasteiger partial charge in [-0.25, -0.2) is 10.8 Å². The lowest BCUT2D eigenvalue weighted by molar-refractivity contribution is 0.381. The van der Waals surface area contributed by atoms with Crippen molar-refractivity contribution in [1.29, 1.82) is 10.8 Å². The molecule has 4 N–H and O–H groups in total. The summed E-state index contributed by atoms with van der Waals surface area (Å²) in [6.45, 7) is 0. The molecule has 0 aromatic rings. The first kappa shape index (κ1) is 10.3. The summed E-state index contributed by atoms with van der Waals surface area (Å²) in [5.41, 5.74) is 0. The first-order valence-electron chi connectivity index (χ1n) is 1.20. The van der Waals surface area contributed by atoms with Crippen LogP contribution in [0.1, 0.15) is 0 Å². The van der Waals surface area contributed by atoms with Crippen molar-refractivity contribution >= 4 is 16.4 Å². The average Bonchev–Trinajstić information content (AvgIpc) is 1.27. The average molecular weight is 140 g/mol. The highest BCUT2D eigenvalue weighted by Gasteiger charge is 1.84. The van der Waals surface area contributed by atoms with Gasteiger partial charge in [0.1, 0.15) is 0 Å². The van der Waals surface area contributed by atoms with E-state index in [1.54, 1.807) is 0 Å². The molecule has 0 atom stereocenters. The second kappa shape index (κ2) is 4.41. The molecular weight excluding hydrogens is 136 g/mol. The van der Waals surface area contributed by atoms with Crippen molar-refractivity contribution in [3.63, 3.8) is 0 Å². The first-order valence-corrected chi connectivity index (χ1v) is 2.60. The van der Waals surface area contributed by atoms with Gasteiger partial charge in [0.15, 0.2) is 0 Å². The summed E-state index contributed by atoms with van der Waals surface area (Å²) < 4.78 is 31.6. The Morgan fingerprint density at radius 3 is 1.25 bits per heavy atom. The fourth-order valence-electron chi connectivity index (χ4n) is 0. The molecule has 6 nitrogen and oxygen atoms in total. The van der Waals surface area contributed by atoms with Crippen molar-refractivity contribution in [2.24, 2.45) is 0 Å². The molecule has 0 aliphatic rings. The number of rotatable bonds is 0. The highest BCUT2D eigenvalue weighted by molar-refractivity contribution is 7.79. The zero-order valence-corrected chi connectivity index (χ0v) is 4.44. The Hall–Kier alpha value is -0.750. The standard InChI is InChI=1S/CH2N2.H2O4S/c2-1-3;1-5(2,3)4/h2-3H;(H2,1,2,3,4). The first-order chi connectivity index (χ1) is 3.41. The number of hydrogen-bond acceptors (Lipinski definition) is 4. The van der Waals surface area contributed by atoms with Crippen molar-refractivity contribution in [2.75, 3.05) is 0 Å². The predicted molar refractivity (Wildman–Crippen MR) is 24.6 cm³/mol. The molecule has 0 unspecified atom stereocenters. The van der Waals surface area contributed by atoms with E-state index in [9.17, 15) is 0 Å². The van der Waals surface area contributed by atoms with E-state index in [0.717, 1.165) is 0 Å². The van der Waals surface area contributed by atoms with Gasteiger partial charge >= 0.3 is 10.4 Å². The predicted octanol–water partition coefficient (Wildman–Crippen LogP) is -0.335. The molecule has 0 saturated carbocycles. The minimum atomic E-state index is -4.67. The van der Waals surface area contributed by atoms with E-state index in [4.69, 9.17) is 28.3 Å². The third-order valence-electron chi connectivity index (χ3n) is 0. The van der Waals surface area contributed by atoms with Crippen molar-refractivity contribution in [3.05, 3.63) is 0 Å². The smallest absolute Gasteiger partial charge is 0.264 e. The Bertz CT molecular complexity index is 154. The summed E-state index contributed by atoms with van der Waals surface area (Å²) in [6, 6.07) is 1.25. The molecule has 48 valence electrons. The fourth-order valence-corrected chi connectivity index (χ4v) is 0. The molecule has 0 spiro atoms. The lowest BCUT2D eigenvalue weighted by Gasteiger charge is -1.68. The summed E-state index contributed by atoms with van der Waals surface area (Å²) in [5.74, 6) is 0. The second-order valence-electron chi connectivity index (χ2n) is 0.573. The Morgan fingerprint density at radius 1 is 1.25 bits per heavy atom. The Morgan fingerprint density at radius 2 is 1.25 bits per heavy atom. The lowest BCUT2D eigenvalue weighted by atomic mass is 11.6. The van der Waals surface area contributed by atoms with Crippen molar-refractivity contribution < 1.29 is 17.5 Å². The maximum absolute atomic E-state index is 8.74. The van der Waals surface area contributed by atoms with Gasteiger partial charge in [-0.3, -0.25) is 9.11 Å². The lowest BCUT2D eigenvalue weighted by Crippen LogP contribution is -1.89. The highest BCUT2D eigenvalue weighted by Crippen LogP contribution is 1.59. The molecule has 0 bridgehead atoms. The molecule has 0 saturated heterocycles. The Balaban J connectivity index is 0. The van der Waals surface area contributed by atoms with E-state index in [2.05, 4.69) is 0 Å². The van der Waals surface area contributed by atoms with Gasteiger partial charge in [-0.15, -0.1) is 0 Å². The van der Waals surface area contributed by atoms with Crippen LogP contribution >= 0.6 is 0 Å². The minimum Gasteiger partial charge on any atom is -0.264 e. The molecule has 0 aliphatic heterocycles. The zero-order valence-electron chi connectivity index (χ0n) is 3.62. The number of hydrogen-bond donors (Lipinski definition) is 4. The van der Waals surface area contributed by atoms with Crippen LogP contribution in [0.15, 0.2) is 0 Å². The number of nitrogens with one attached hydrogen (secondary N) is 2. The van der Waals surface area contributed by atoms with Crippen LogP contribution in [0.2, 0.25) is 0 Å². The van der Waals surface area contributed by atoms with E-state index >= 15 is 0 Å². The summed E-state index contributed by atoms with van der Waals surface area (Å²) in [5, 5.41) is 11.2. The summed E-state index contributed by atoms with van der Waals surface area (Å²) >= 11 is 0. The molecule has 0 rings (SSSR count). The van der Waals surface area contributed by atoms with E-state index in [1.807, 2.05) is 0 Å². The molecule has 0 heterocycles. The summed E-state index contributed by atoms with van der Waals surface area (Å²) in [7, 11) is -4.67. The third-order valence-corrected chi connectivity index (χ3v) is 0. The zero-order chi connectivity index (χ0) is 7.21. The van der Waals surface area contributed by atoms with Gasteiger partial charge in [0, 0.05) is 0 Å². The fraction of sp³-hybridized carbons (Fsp3) is 0. The van der Waals surface area contributed by atoms with Crippen LogP contribution in [0.5, 0.6) is 0 Å². The van der Waals surface area contributed by atoms with Crippen LogP contribution in [-0.2, 0) is 10.4 Å². The molecule has 0 radical (unpaired) electrons. The topological polar surface area (TPSA) is 122 Å². The van der Waals surface area contributed by atoms with Gasteiger partial charge in [0.25, 0.3) is 0 Å². The molecule has 0 aromatic heterocycles. The third kappa shape index (κ3) is 169. The molecule has 7 heteroatoms. The van der Waals surface area contributed by atoms with Crippen LogP contribution in [0.25, 0.3) is 0 Å². The molecule has 0 aliphatic carbocycles. The van der Waals surface area contributed by atoms with Gasteiger partial charge in [-0.1, -0.05) is 0 Å². The van der Waals surface area contributed by atoms with Crippen LogP contribution < -0.4 is 0 Å². The largest absolute Gasteiger partial charge is 0.394 e. The summed E-state index contributed by atoms with van der Waals surface area (Å²) in [4.78, 5) is 0. The van der Waals surface area contributed by atoms with Crippen molar-refractivity contribution in [3.8, 4) is 0 Å². The van der Waals surface area contributed by atoms with Crippen LogP contribution in [-0.4, -0.2) is 23.5 Å². The Kier molecular flexibility index (Phi) is 5.66. The minimum absolute atomic E-state index is 1.25. The van der Waals surface area contributed by atoms with E-state index in [-0.39, 0.29) is 0 Å². The van der Waals surface area contributed by atoms with Gasteiger partial charge < -0.3 is 0 Å². The maximum Gasteiger partial charge on any atom is 0.394 e. The second-order valence-corrected chi connectivity index (χ2v) is 1.47. The summed E-state index contributed by atoms with van der Waals surface area (Å²) in [6.07, 6.45) is 0. The van der Waals surface area contributed by atoms with Crippen LogP contribution in [0.4, 0.5) is 0 Å². The van der Waals surface area contributed by atoms with Gasteiger partial charge in [0.2, 0.25) is 0 Å². The van der Waals surface area contributed by atoms with E-state index in [0.29, 0.717) is 0 Å². The van der Waals surface area contributed by atoms with E-state index < -0.39 is 10.4 Å². The molecule has 0 aromatic carbocycles. The quantitative estimate of drug-likeness (QED) is 0.271. The monoisotopic (exact) mass is 140 g/mol. The van der Waals surface area contributed by atoms with Crippen LogP contribution in [0, 0.1) is 10.8 Å². The van der Waals surface area contributed by atoms with Crippen LogP contribution in [0.3, 0.4) is 0 Å². The van der Waals surface area contributed by atoms with E-state index in [1.165, 1.54) is 6.01 Å². The van der Waals surface area contributed by atoms with Gasteiger partial charge in [-0.2, -0.15) is 8.42 Å². The van der Waals surface area contributed by atoms with Gasteiger partial charge in [-0.05, 0) is 0 Å². The molecule has 0 amide bonds. The molecule has 0 fully saturated rings. The van der Waals surface area contributed by atoms with Crippen molar-refractivity contribution in [2.45, 2.75) is 0 Å². The maximum atomic E-state index is 8.74.